The topological polar surface area (TPSA) is 25.8 Å². The van der Waals surface area contributed by atoms with Gasteiger partial charge in [0.2, 0.25) is 5.82 Å². The Morgan fingerprint density at radius 1 is 0.679 bits per heavy atom. The van der Waals surface area contributed by atoms with Crippen LogP contribution in [0.25, 0.3) is 33.5 Å². The first-order valence-corrected chi connectivity index (χ1v) is 8.24. The zero-order valence-corrected chi connectivity index (χ0v) is 14.4. The molecule has 0 fully saturated rings. The molecule has 2 nitrogen and oxygen atoms in total. The molecule has 4 rings (SSSR count). The highest BCUT2D eigenvalue weighted by Gasteiger charge is 2.29. The quantitative estimate of drug-likeness (QED) is 0.241. The summed E-state index contributed by atoms with van der Waals surface area (Å²) in [5.41, 5.74) is 0.235. The number of rotatable bonds is 2. The Hall–Kier alpha value is -3.35. The number of aromatic nitrogens is 2. The van der Waals surface area contributed by atoms with Crippen molar-refractivity contribution in [3.8, 4) is 22.6 Å². The first-order valence-electron chi connectivity index (χ1n) is 8.24. The molecule has 0 N–H and O–H groups in total. The summed E-state index contributed by atoms with van der Waals surface area (Å²) in [4.78, 5) is 8.55. The van der Waals surface area contributed by atoms with Gasteiger partial charge in [-0.3, -0.25) is 0 Å². The Morgan fingerprint density at radius 3 is 1.93 bits per heavy atom. The molecule has 0 aliphatic rings. The summed E-state index contributed by atoms with van der Waals surface area (Å²) in [5.74, 6) is -10.0. The summed E-state index contributed by atoms with van der Waals surface area (Å²) in [7, 11) is 0. The molecule has 7 heteroatoms. The van der Waals surface area contributed by atoms with Crippen molar-refractivity contribution in [2.24, 2.45) is 0 Å². The predicted octanol–water partition coefficient (Wildman–Crippen LogP) is 5.97. The van der Waals surface area contributed by atoms with E-state index in [-0.39, 0.29) is 16.9 Å². The van der Waals surface area contributed by atoms with Crippen LogP contribution in [0.2, 0.25) is 0 Å². The molecular weight excluding hydrogens is 375 g/mol. The van der Waals surface area contributed by atoms with Crippen LogP contribution >= 0.6 is 0 Å². The highest BCUT2D eigenvalue weighted by atomic mass is 19.2. The fourth-order valence-corrected chi connectivity index (χ4v) is 2.96. The molecule has 0 aliphatic carbocycles. The molecule has 0 saturated carbocycles. The van der Waals surface area contributed by atoms with Crippen LogP contribution in [-0.2, 0) is 0 Å². The highest BCUT2D eigenvalue weighted by Crippen LogP contribution is 2.35. The average molecular weight is 386 g/mol. The van der Waals surface area contributed by atoms with E-state index in [1.54, 1.807) is 49.4 Å². The molecule has 4 aromatic rings. The maximum absolute atomic E-state index is 14.4. The van der Waals surface area contributed by atoms with Gasteiger partial charge in [-0.25, -0.2) is 31.9 Å². The molecule has 0 aliphatic heterocycles. The van der Waals surface area contributed by atoms with E-state index in [1.165, 1.54) is 6.07 Å². The minimum absolute atomic E-state index is 0.109. The zero-order chi connectivity index (χ0) is 20.0. The molecule has 0 unspecified atom stereocenters. The van der Waals surface area contributed by atoms with Crippen molar-refractivity contribution in [3.05, 3.63) is 83.2 Å². The van der Waals surface area contributed by atoms with Crippen LogP contribution in [-0.4, -0.2) is 9.97 Å². The molecule has 28 heavy (non-hydrogen) atoms. The van der Waals surface area contributed by atoms with E-state index in [1.807, 2.05) is 0 Å². The third-order valence-corrected chi connectivity index (χ3v) is 4.33. The zero-order valence-electron chi connectivity index (χ0n) is 14.4. The molecular formula is C21H11F5N2. The van der Waals surface area contributed by atoms with E-state index < -0.39 is 34.6 Å². The lowest BCUT2D eigenvalue weighted by molar-refractivity contribution is 0.381. The number of aryl methyl sites for hydroxylation is 1. The smallest absolute Gasteiger partial charge is 0.200 e. The van der Waals surface area contributed by atoms with Crippen LogP contribution in [0.3, 0.4) is 0 Å². The lowest BCUT2D eigenvalue weighted by Crippen LogP contribution is -2.06. The fourth-order valence-electron chi connectivity index (χ4n) is 2.96. The van der Waals surface area contributed by atoms with Gasteiger partial charge in [0.05, 0.1) is 16.8 Å². The van der Waals surface area contributed by atoms with E-state index in [0.717, 1.165) is 5.56 Å². The molecule has 0 bridgehead atoms. The Kier molecular flexibility index (Phi) is 4.30. The second-order valence-corrected chi connectivity index (χ2v) is 6.23. The van der Waals surface area contributed by atoms with Crippen LogP contribution in [0, 0.1) is 36.0 Å². The summed E-state index contributed by atoms with van der Waals surface area (Å²) in [6.45, 7) is 1.79. The number of benzene rings is 3. The summed E-state index contributed by atoms with van der Waals surface area (Å²) in [6.07, 6.45) is 0. The summed E-state index contributed by atoms with van der Waals surface area (Å²) >= 11 is 0. The molecule has 0 atom stereocenters. The van der Waals surface area contributed by atoms with Gasteiger partial charge >= 0.3 is 0 Å². The van der Waals surface area contributed by atoms with E-state index in [4.69, 9.17) is 0 Å². The molecule has 1 aromatic heterocycles. The Labute approximate surface area is 156 Å². The second kappa shape index (κ2) is 6.67. The molecule has 0 amide bonds. The minimum atomic E-state index is -2.21. The normalized spacial score (nSPS) is 11.2. The number of hydrogen-bond acceptors (Lipinski definition) is 2. The maximum atomic E-state index is 14.4. The third kappa shape index (κ3) is 2.79. The van der Waals surface area contributed by atoms with Gasteiger partial charge in [0, 0.05) is 10.9 Å². The van der Waals surface area contributed by atoms with Crippen LogP contribution < -0.4 is 0 Å². The molecule has 0 saturated heterocycles. The van der Waals surface area contributed by atoms with Gasteiger partial charge < -0.3 is 0 Å². The van der Waals surface area contributed by atoms with Crippen molar-refractivity contribution >= 4 is 10.9 Å². The van der Waals surface area contributed by atoms with E-state index in [2.05, 4.69) is 9.97 Å². The number of hydrogen-bond donors (Lipinski definition) is 0. The van der Waals surface area contributed by atoms with E-state index >= 15 is 0 Å². The van der Waals surface area contributed by atoms with Gasteiger partial charge in [0.1, 0.15) is 0 Å². The van der Waals surface area contributed by atoms with Gasteiger partial charge in [-0.1, -0.05) is 42.5 Å². The number of halogens is 5. The number of nitrogens with zero attached hydrogens (tertiary/aromatic N) is 2. The maximum Gasteiger partial charge on any atom is 0.200 e. The third-order valence-electron chi connectivity index (χ3n) is 4.33. The van der Waals surface area contributed by atoms with Gasteiger partial charge in [0.25, 0.3) is 0 Å². The van der Waals surface area contributed by atoms with E-state index in [0.29, 0.717) is 11.1 Å². The van der Waals surface area contributed by atoms with Crippen molar-refractivity contribution in [2.45, 2.75) is 6.92 Å². The molecule has 1 heterocycles. The summed E-state index contributed by atoms with van der Waals surface area (Å²) < 4.78 is 69.9. The van der Waals surface area contributed by atoms with Crippen LogP contribution in [0.15, 0.2) is 48.5 Å². The van der Waals surface area contributed by atoms with Gasteiger partial charge in [-0.05, 0) is 18.6 Å². The van der Waals surface area contributed by atoms with Crippen LogP contribution in [0.4, 0.5) is 22.0 Å². The summed E-state index contributed by atoms with van der Waals surface area (Å²) in [5, 5.41) is 0.175. The van der Waals surface area contributed by atoms with Crippen LogP contribution in [0.1, 0.15) is 5.56 Å². The molecule has 3 aromatic carbocycles. The summed E-state index contributed by atoms with van der Waals surface area (Å²) in [6, 6.07) is 13.3. The van der Waals surface area contributed by atoms with Crippen molar-refractivity contribution in [3.63, 3.8) is 0 Å². The minimum Gasteiger partial charge on any atom is -0.228 e. The van der Waals surface area contributed by atoms with Crippen molar-refractivity contribution < 1.29 is 22.0 Å². The molecule has 0 spiro atoms. The van der Waals surface area contributed by atoms with Crippen molar-refractivity contribution in [1.82, 2.24) is 9.97 Å². The lowest BCUT2D eigenvalue weighted by Gasteiger charge is -2.12. The Balaban J connectivity index is 2.13. The van der Waals surface area contributed by atoms with Gasteiger partial charge in [-0.2, -0.15) is 0 Å². The first-order chi connectivity index (χ1) is 13.4. The van der Waals surface area contributed by atoms with Gasteiger partial charge in [-0.15, -0.1) is 0 Å². The molecule has 0 radical (unpaired) electrons. The van der Waals surface area contributed by atoms with Gasteiger partial charge in [0.15, 0.2) is 29.1 Å². The largest absolute Gasteiger partial charge is 0.228 e. The predicted molar refractivity (Wildman–Crippen MR) is 94.9 cm³/mol. The highest BCUT2D eigenvalue weighted by molar-refractivity contribution is 5.94. The monoisotopic (exact) mass is 386 g/mol. The lowest BCUT2D eigenvalue weighted by atomic mass is 10.0. The van der Waals surface area contributed by atoms with E-state index in [9.17, 15) is 22.0 Å². The van der Waals surface area contributed by atoms with Crippen LogP contribution in [0.5, 0.6) is 0 Å². The molecule has 140 valence electrons. The van der Waals surface area contributed by atoms with Crippen molar-refractivity contribution in [2.75, 3.05) is 0 Å². The van der Waals surface area contributed by atoms with Crippen molar-refractivity contribution in [1.29, 1.82) is 0 Å². The second-order valence-electron chi connectivity index (χ2n) is 6.23. The Bertz CT molecular complexity index is 1190. The Morgan fingerprint density at radius 2 is 1.29 bits per heavy atom. The standard InChI is InChI=1S/C21H11F5N2/c1-10-7-8-12-13(9-10)27-21(11-5-3-2-4-6-11)28-20(12)14-15(22)17(24)19(26)18(25)16(14)23/h2-9H,1H3. The number of fused-ring (bicyclic) bond motifs is 1. The SMILES string of the molecule is Cc1ccc2c(-c3c(F)c(F)c(F)c(F)c3F)nc(-c3ccccc3)nc2c1. The average Bonchev–Trinajstić information content (AvgIpc) is 2.71. The fraction of sp³-hybridized carbons (Fsp3) is 0.0476. The first kappa shape index (κ1) is 18.0.